The first-order valence-electron chi connectivity index (χ1n) is 9.51. The number of amides is 2. The molecule has 1 aromatic carbocycles. The van der Waals surface area contributed by atoms with Crippen LogP contribution in [0.4, 0.5) is 5.00 Å². The van der Waals surface area contributed by atoms with Crippen LogP contribution in [0.1, 0.15) is 48.4 Å². The summed E-state index contributed by atoms with van der Waals surface area (Å²) < 4.78 is 16.5. The molecule has 8 nitrogen and oxygen atoms in total. The first kappa shape index (κ1) is 23.2. The van der Waals surface area contributed by atoms with Crippen molar-refractivity contribution in [3.63, 3.8) is 0 Å². The molecule has 2 aromatic rings. The molecule has 30 heavy (non-hydrogen) atoms. The lowest BCUT2D eigenvalue weighted by atomic mass is 10.2. The van der Waals surface area contributed by atoms with E-state index in [-0.39, 0.29) is 11.1 Å². The van der Waals surface area contributed by atoms with E-state index in [0.29, 0.717) is 35.6 Å². The summed E-state index contributed by atoms with van der Waals surface area (Å²) in [6, 6.07) is 6.23. The van der Waals surface area contributed by atoms with Gasteiger partial charge in [0, 0.05) is 0 Å². The van der Waals surface area contributed by atoms with Crippen LogP contribution in [0.5, 0.6) is 11.5 Å². The number of carbonyl (C=O) groups is 3. The van der Waals surface area contributed by atoms with Gasteiger partial charge < -0.3 is 25.3 Å². The molecular formula is C21H26N2O6S. The van der Waals surface area contributed by atoms with Crippen LogP contribution in [0.2, 0.25) is 0 Å². The topological polar surface area (TPSA) is 117 Å². The third-order valence-electron chi connectivity index (χ3n) is 3.87. The monoisotopic (exact) mass is 434 g/mol. The van der Waals surface area contributed by atoms with E-state index in [1.807, 2.05) is 20.8 Å². The molecule has 0 fully saturated rings. The summed E-state index contributed by atoms with van der Waals surface area (Å²) in [7, 11) is 0. The zero-order valence-corrected chi connectivity index (χ0v) is 18.2. The Balaban J connectivity index is 2.06. The van der Waals surface area contributed by atoms with Crippen LogP contribution in [0.3, 0.4) is 0 Å². The third kappa shape index (κ3) is 6.21. The molecule has 1 aromatic heterocycles. The van der Waals surface area contributed by atoms with E-state index in [2.05, 4.69) is 5.32 Å². The highest BCUT2D eigenvalue weighted by atomic mass is 32.1. The van der Waals surface area contributed by atoms with Crippen LogP contribution < -0.4 is 20.5 Å². The van der Waals surface area contributed by atoms with E-state index >= 15 is 0 Å². The zero-order chi connectivity index (χ0) is 22.3. The van der Waals surface area contributed by atoms with Gasteiger partial charge in [-0.1, -0.05) is 13.8 Å². The third-order valence-corrected chi connectivity index (χ3v) is 4.70. The summed E-state index contributed by atoms with van der Waals surface area (Å²) in [5.41, 5.74) is 5.69. The fourth-order valence-corrected chi connectivity index (χ4v) is 3.17. The molecule has 0 aliphatic heterocycles. The normalized spacial score (nSPS) is 11.6. The highest BCUT2D eigenvalue weighted by molar-refractivity contribution is 7.14. The van der Waals surface area contributed by atoms with Gasteiger partial charge in [0.15, 0.2) is 17.6 Å². The van der Waals surface area contributed by atoms with E-state index in [0.717, 1.165) is 11.3 Å². The van der Waals surface area contributed by atoms with Gasteiger partial charge in [0.25, 0.3) is 11.8 Å². The minimum Gasteiger partial charge on any atom is -0.490 e. The second kappa shape index (κ2) is 10.6. The van der Waals surface area contributed by atoms with Gasteiger partial charge in [-0.15, -0.1) is 11.3 Å². The average molecular weight is 435 g/mol. The predicted molar refractivity (Wildman–Crippen MR) is 114 cm³/mol. The molecule has 0 bridgehead atoms. The van der Waals surface area contributed by atoms with Crippen molar-refractivity contribution in [2.75, 3.05) is 18.5 Å². The number of rotatable bonds is 10. The molecule has 0 saturated heterocycles. The summed E-state index contributed by atoms with van der Waals surface area (Å²) >= 11 is 1.15. The number of hydrogen-bond acceptors (Lipinski definition) is 7. The Morgan fingerprint density at radius 1 is 1.10 bits per heavy atom. The van der Waals surface area contributed by atoms with Gasteiger partial charge in [-0.3, -0.25) is 9.59 Å². The number of nitrogens with one attached hydrogen (secondary N) is 1. The number of primary amides is 1. The molecule has 0 saturated carbocycles. The minimum absolute atomic E-state index is 0.199. The lowest BCUT2D eigenvalue weighted by Crippen LogP contribution is -2.30. The molecule has 9 heteroatoms. The van der Waals surface area contributed by atoms with Gasteiger partial charge in [0.1, 0.15) is 5.00 Å². The Hall–Kier alpha value is -3.07. The highest BCUT2D eigenvalue weighted by Gasteiger charge is 2.22. The number of anilines is 1. The number of benzene rings is 1. The highest BCUT2D eigenvalue weighted by Crippen LogP contribution is 2.29. The van der Waals surface area contributed by atoms with E-state index in [9.17, 15) is 14.4 Å². The molecular weight excluding hydrogens is 408 g/mol. The zero-order valence-electron chi connectivity index (χ0n) is 17.4. The largest absolute Gasteiger partial charge is 0.490 e. The van der Waals surface area contributed by atoms with Gasteiger partial charge in [0.05, 0.1) is 24.3 Å². The van der Waals surface area contributed by atoms with Crippen molar-refractivity contribution in [2.45, 2.75) is 33.8 Å². The molecule has 2 amide bonds. The summed E-state index contributed by atoms with van der Waals surface area (Å²) in [4.78, 5) is 36.2. The molecule has 0 aliphatic carbocycles. The molecule has 0 radical (unpaired) electrons. The summed E-state index contributed by atoms with van der Waals surface area (Å²) in [6.07, 6.45) is -1.09. The van der Waals surface area contributed by atoms with Gasteiger partial charge in [0.2, 0.25) is 0 Å². The number of nitrogens with two attached hydrogens (primary N) is 1. The maximum absolute atomic E-state index is 12.5. The first-order valence-corrected chi connectivity index (χ1v) is 10.4. The van der Waals surface area contributed by atoms with Crippen molar-refractivity contribution in [1.82, 2.24) is 0 Å². The number of ether oxygens (including phenoxy) is 3. The number of carbonyl (C=O) groups excluding carboxylic acids is 3. The standard InChI is InChI=1S/C21H26N2O6S/c1-5-27-17-10-14(6-7-16(17)28-11-12(2)3)21(26)29-13(4)19(25)23-20-15(18(22)24)8-9-30-20/h6-10,12-13H,5,11H2,1-4H3,(H2,22,24)(H,23,25)/t13-/m1/s1. The lowest BCUT2D eigenvalue weighted by Gasteiger charge is -2.16. The average Bonchev–Trinajstić information content (AvgIpc) is 3.15. The van der Waals surface area contributed by atoms with Gasteiger partial charge in [-0.2, -0.15) is 0 Å². The Morgan fingerprint density at radius 2 is 1.83 bits per heavy atom. The molecule has 1 atom stereocenters. The Kier molecular flexibility index (Phi) is 8.23. The molecule has 3 N–H and O–H groups in total. The van der Waals surface area contributed by atoms with Crippen molar-refractivity contribution in [3.8, 4) is 11.5 Å². The molecule has 0 spiro atoms. The van der Waals surface area contributed by atoms with E-state index in [1.54, 1.807) is 17.5 Å². The number of esters is 1. The summed E-state index contributed by atoms with van der Waals surface area (Å²) in [6.45, 7) is 8.24. The van der Waals surface area contributed by atoms with Crippen molar-refractivity contribution >= 4 is 34.1 Å². The van der Waals surface area contributed by atoms with Gasteiger partial charge in [-0.05, 0) is 49.4 Å². The van der Waals surface area contributed by atoms with Crippen LogP contribution in [0, 0.1) is 5.92 Å². The second-order valence-corrected chi connectivity index (χ2v) is 7.78. The van der Waals surface area contributed by atoms with Crippen LogP contribution >= 0.6 is 11.3 Å². The lowest BCUT2D eigenvalue weighted by molar-refractivity contribution is -0.123. The Morgan fingerprint density at radius 3 is 2.47 bits per heavy atom. The summed E-state index contributed by atoms with van der Waals surface area (Å²) in [5, 5.41) is 4.49. The Labute approximate surface area is 179 Å². The minimum atomic E-state index is -1.09. The van der Waals surface area contributed by atoms with Crippen molar-refractivity contribution < 1.29 is 28.6 Å². The van der Waals surface area contributed by atoms with E-state index in [1.165, 1.54) is 19.1 Å². The molecule has 1 heterocycles. The maximum Gasteiger partial charge on any atom is 0.339 e. The maximum atomic E-state index is 12.5. The van der Waals surface area contributed by atoms with Crippen LogP contribution in [0.25, 0.3) is 0 Å². The van der Waals surface area contributed by atoms with E-state index in [4.69, 9.17) is 19.9 Å². The van der Waals surface area contributed by atoms with Crippen LogP contribution in [-0.2, 0) is 9.53 Å². The van der Waals surface area contributed by atoms with Gasteiger partial charge >= 0.3 is 5.97 Å². The SMILES string of the molecule is CCOc1cc(C(=O)O[C@H](C)C(=O)Nc2sccc2C(N)=O)ccc1OCC(C)C. The van der Waals surface area contributed by atoms with Crippen LogP contribution in [0.15, 0.2) is 29.6 Å². The van der Waals surface area contributed by atoms with E-state index < -0.39 is 23.9 Å². The van der Waals surface area contributed by atoms with Gasteiger partial charge in [-0.25, -0.2) is 4.79 Å². The first-order chi connectivity index (χ1) is 14.2. The number of thiophene rings is 1. The number of hydrogen-bond donors (Lipinski definition) is 2. The molecule has 0 unspecified atom stereocenters. The molecule has 162 valence electrons. The van der Waals surface area contributed by atoms with Crippen molar-refractivity contribution in [3.05, 3.63) is 40.8 Å². The fraction of sp³-hybridized carbons (Fsp3) is 0.381. The molecule has 0 aliphatic rings. The quantitative estimate of drug-likeness (QED) is 0.553. The predicted octanol–water partition coefficient (Wildman–Crippen LogP) is 3.46. The second-order valence-electron chi connectivity index (χ2n) is 6.86. The fourth-order valence-electron chi connectivity index (χ4n) is 2.37. The van der Waals surface area contributed by atoms with Crippen molar-refractivity contribution in [1.29, 1.82) is 0 Å². The van der Waals surface area contributed by atoms with Crippen LogP contribution in [-0.4, -0.2) is 37.1 Å². The summed E-state index contributed by atoms with van der Waals surface area (Å²) in [5.74, 6) is -0.620. The smallest absolute Gasteiger partial charge is 0.339 e. The Bertz CT molecular complexity index is 909. The molecule has 2 rings (SSSR count). The van der Waals surface area contributed by atoms with Crippen molar-refractivity contribution in [2.24, 2.45) is 11.7 Å².